The lowest BCUT2D eigenvalue weighted by Gasteiger charge is -2.19. The summed E-state index contributed by atoms with van der Waals surface area (Å²) in [6.07, 6.45) is 1.75. The van der Waals surface area contributed by atoms with Crippen LogP contribution in [0.1, 0.15) is 15.9 Å². The average molecular weight is 448 g/mol. The van der Waals surface area contributed by atoms with Gasteiger partial charge in [0.1, 0.15) is 12.4 Å². The maximum atomic E-state index is 12.8. The van der Waals surface area contributed by atoms with Crippen molar-refractivity contribution >= 4 is 39.6 Å². The number of ether oxygens (including phenoxy) is 4. The van der Waals surface area contributed by atoms with E-state index in [2.05, 4.69) is 21.2 Å². The summed E-state index contributed by atoms with van der Waals surface area (Å²) >= 11 is 3.40. The lowest BCUT2D eigenvalue weighted by atomic mass is 10.1. The van der Waals surface area contributed by atoms with Gasteiger partial charge in [0.25, 0.3) is 5.91 Å². The number of hydrogen-bond donors (Lipinski definition) is 1. The van der Waals surface area contributed by atoms with Crippen molar-refractivity contribution in [2.24, 2.45) is 0 Å². The van der Waals surface area contributed by atoms with Crippen molar-refractivity contribution in [3.8, 4) is 17.2 Å². The van der Waals surface area contributed by atoms with E-state index in [0.717, 1.165) is 10.0 Å². The quantitative estimate of drug-likeness (QED) is 0.704. The van der Waals surface area contributed by atoms with Gasteiger partial charge in [-0.05, 0) is 24.3 Å². The summed E-state index contributed by atoms with van der Waals surface area (Å²) in [6, 6.07) is 8.52. The van der Waals surface area contributed by atoms with Crippen LogP contribution in [0.4, 0.5) is 5.69 Å². The van der Waals surface area contributed by atoms with Crippen LogP contribution < -0.4 is 19.5 Å². The fourth-order valence-electron chi connectivity index (χ4n) is 2.74. The van der Waals surface area contributed by atoms with E-state index < -0.39 is 11.9 Å². The zero-order valence-electron chi connectivity index (χ0n) is 15.5. The van der Waals surface area contributed by atoms with E-state index in [0.29, 0.717) is 22.8 Å². The van der Waals surface area contributed by atoms with Crippen molar-refractivity contribution in [2.75, 3.05) is 33.3 Å². The third-order valence-corrected chi connectivity index (χ3v) is 4.65. The SMILES string of the molecule is COC(=O)c1cc(OC)c(OC)cc1NC(=O)C1=Cc2cc(Br)ccc2OC1. The minimum atomic E-state index is -0.612. The number of nitrogens with one attached hydrogen (secondary N) is 1. The minimum Gasteiger partial charge on any atom is -0.493 e. The van der Waals surface area contributed by atoms with Gasteiger partial charge in [-0.15, -0.1) is 0 Å². The van der Waals surface area contributed by atoms with Gasteiger partial charge in [-0.2, -0.15) is 0 Å². The van der Waals surface area contributed by atoms with Crippen molar-refractivity contribution in [3.63, 3.8) is 0 Å². The Kier molecular flexibility index (Phi) is 5.89. The van der Waals surface area contributed by atoms with Crippen molar-refractivity contribution in [1.29, 1.82) is 0 Å². The molecule has 8 heteroatoms. The van der Waals surface area contributed by atoms with Crippen molar-refractivity contribution in [1.82, 2.24) is 0 Å². The van der Waals surface area contributed by atoms with Gasteiger partial charge in [0.05, 0.1) is 38.2 Å². The van der Waals surface area contributed by atoms with Gasteiger partial charge in [-0.1, -0.05) is 15.9 Å². The van der Waals surface area contributed by atoms with E-state index in [1.165, 1.54) is 33.5 Å². The highest BCUT2D eigenvalue weighted by atomic mass is 79.9. The van der Waals surface area contributed by atoms with Gasteiger partial charge in [0.15, 0.2) is 11.5 Å². The Morgan fingerprint density at radius 1 is 1.07 bits per heavy atom. The number of rotatable bonds is 5. The molecular weight excluding hydrogens is 430 g/mol. The fraction of sp³-hybridized carbons (Fsp3) is 0.200. The molecule has 1 aliphatic rings. The third-order valence-electron chi connectivity index (χ3n) is 4.15. The summed E-state index contributed by atoms with van der Waals surface area (Å²) in [7, 11) is 4.18. The smallest absolute Gasteiger partial charge is 0.340 e. The number of hydrogen-bond acceptors (Lipinski definition) is 6. The second kappa shape index (κ2) is 8.35. The number of carbonyl (C=O) groups excluding carboxylic acids is 2. The van der Waals surface area contributed by atoms with Gasteiger partial charge in [0, 0.05) is 22.2 Å². The van der Waals surface area contributed by atoms with Crippen LogP contribution in [-0.4, -0.2) is 39.8 Å². The number of halogens is 1. The Balaban J connectivity index is 1.94. The highest BCUT2D eigenvalue weighted by Crippen LogP contribution is 2.34. The molecule has 2 aromatic carbocycles. The first-order chi connectivity index (χ1) is 13.5. The van der Waals surface area contributed by atoms with Crippen LogP contribution in [0.25, 0.3) is 6.08 Å². The molecule has 0 aromatic heterocycles. The lowest BCUT2D eigenvalue weighted by molar-refractivity contribution is -0.113. The molecule has 0 saturated heterocycles. The number of methoxy groups -OCH3 is 3. The third kappa shape index (κ3) is 3.96. The van der Waals surface area contributed by atoms with Gasteiger partial charge < -0.3 is 24.3 Å². The zero-order chi connectivity index (χ0) is 20.3. The van der Waals surface area contributed by atoms with Gasteiger partial charge in [-0.3, -0.25) is 4.79 Å². The predicted molar refractivity (Wildman–Crippen MR) is 107 cm³/mol. The minimum absolute atomic E-state index is 0.112. The summed E-state index contributed by atoms with van der Waals surface area (Å²) < 4.78 is 21.8. The van der Waals surface area contributed by atoms with Gasteiger partial charge >= 0.3 is 5.97 Å². The summed E-state index contributed by atoms with van der Waals surface area (Å²) in [5.74, 6) is 0.400. The number of anilines is 1. The Morgan fingerprint density at radius 2 is 1.79 bits per heavy atom. The van der Waals surface area contributed by atoms with Crippen molar-refractivity contribution in [3.05, 3.63) is 51.5 Å². The van der Waals surface area contributed by atoms with E-state index in [4.69, 9.17) is 18.9 Å². The second-order valence-electron chi connectivity index (χ2n) is 5.84. The lowest BCUT2D eigenvalue weighted by Crippen LogP contribution is -2.22. The molecule has 0 aliphatic carbocycles. The molecule has 0 fully saturated rings. The molecule has 1 aliphatic heterocycles. The highest BCUT2D eigenvalue weighted by Gasteiger charge is 2.22. The van der Waals surface area contributed by atoms with Crippen LogP contribution in [0.15, 0.2) is 40.4 Å². The zero-order valence-corrected chi connectivity index (χ0v) is 17.1. The monoisotopic (exact) mass is 447 g/mol. The summed E-state index contributed by atoms with van der Waals surface area (Å²) in [5.41, 5.74) is 1.59. The molecular formula is C20H18BrNO6. The maximum Gasteiger partial charge on any atom is 0.340 e. The van der Waals surface area contributed by atoms with E-state index >= 15 is 0 Å². The number of esters is 1. The highest BCUT2D eigenvalue weighted by molar-refractivity contribution is 9.10. The van der Waals surface area contributed by atoms with Crippen LogP contribution in [0.3, 0.4) is 0 Å². The average Bonchev–Trinajstić information content (AvgIpc) is 2.72. The topological polar surface area (TPSA) is 83.1 Å². The molecule has 2 aromatic rings. The van der Waals surface area contributed by atoms with E-state index in [-0.39, 0.29) is 17.9 Å². The first-order valence-electron chi connectivity index (χ1n) is 8.25. The van der Waals surface area contributed by atoms with Crippen LogP contribution >= 0.6 is 15.9 Å². The molecule has 0 atom stereocenters. The Hall–Kier alpha value is -3.00. The summed E-state index contributed by atoms with van der Waals surface area (Å²) in [4.78, 5) is 24.9. The van der Waals surface area contributed by atoms with Crippen LogP contribution in [0.5, 0.6) is 17.2 Å². The number of amides is 1. The molecule has 0 spiro atoms. The molecule has 0 bridgehead atoms. The second-order valence-corrected chi connectivity index (χ2v) is 6.75. The predicted octanol–water partition coefficient (Wildman–Crippen LogP) is 3.67. The normalized spacial score (nSPS) is 12.2. The van der Waals surface area contributed by atoms with Crippen LogP contribution in [-0.2, 0) is 9.53 Å². The molecule has 7 nitrogen and oxygen atoms in total. The molecule has 28 heavy (non-hydrogen) atoms. The van der Waals surface area contributed by atoms with Gasteiger partial charge in [0.2, 0.25) is 0 Å². The molecule has 0 radical (unpaired) electrons. The first kappa shape index (κ1) is 19.8. The van der Waals surface area contributed by atoms with Crippen molar-refractivity contribution < 1.29 is 28.5 Å². The first-order valence-corrected chi connectivity index (χ1v) is 9.04. The molecule has 1 N–H and O–H groups in total. The number of carbonyl (C=O) groups is 2. The Morgan fingerprint density at radius 3 is 2.46 bits per heavy atom. The van der Waals surface area contributed by atoms with E-state index in [9.17, 15) is 9.59 Å². The summed E-state index contributed by atoms with van der Waals surface area (Å²) in [5, 5.41) is 2.73. The van der Waals surface area contributed by atoms with E-state index in [1.54, 1.807) is 6.08 Å². The standard InChI is InChI=1S/C20H18BrNO6/c1-25-17-8-14(20(24)27-3)15(9-18(17)26-2)22-19(23)12-6-11-7-13(21)4-5-16(11)28-10-12/h4-9H,10H2,1-3H3,(H,22,23). The molecule has 0 saturated carbocycles. The van der Waals surface area contributed by atoms with Crippen LogP contribution in [0.2, 0.25) is 0 Å². The van der Waals surface area contributed by atoms with Crippen LogP contribution in [0, 0.1) is 0 Å². The molecule has 0 unspecified atom stereocenters. The fourth-order valence-corrected chi connectivity index (χ4v) is 3.12. The summed E-state index contributed by atoms with van der Waals surface area (Å²) in [6.45, 7) is 0.112. The molecule has 3 rings (SSSR count). The molecule has 146 valence electrons. The van der Waals surface area contributed by atoms with E-state index in [1.807, 2.05) is 18.2 Å². The molecule has 1 heterocycles. The molecule has 1 amide bonds. The Bertz CT molecular complexity index is 969. The van der Waals surface area contributed by atoms with Crippen molar-refractivity contribution in [2.45, 2.75) is 0 Å². The maximum absolute atomic E-state index is 12.8. The largest absolute Gasteiger partial charge is 0.493 e. The Labute approximate surface area is 170 Å². The number of benzene rings is 2. The number of fused-ring (bicyclic) bond motifs is 1. The van der Waals surface area contributed by atoms with Gasteiger partial charge in [-0.25, -0.2) is 4.79 Å².